The Hall–Kier alpha value is -3.91. The molecule has 3 aromatic carbocycles. The van der Waals surface area contributed by atoms with E-state index >= 15 is 0 Å². The van der Waals surface area contributed by atoms with Gasteiger partial charge in [-0.3, -0.25) is 9.69 Å². The molecule has 184 valence electrons. The van der Waals surface area contributed by atoms with Crippen molar-refractivity contribution in [3.63, 3.8) is 0 Å². The van der Waals surface area contributed by atoms with E-state index < -0.39 is 11.7 Å². The van der Waals surface area contributed by atoms with Crippen LogP contribution in [0.15, 0.2) is 91.1 Å². The van der Waals surface area contributed by atoms with E-state index in [1.54, 1.807) is 21.8 Å². The van der Waals surface area contributed by atoms with Crippen molar-refractivity contribution in [1.29, 1.82) is 0 Å². The molecule has 0 saturated carbocycles. The van der Waals surface area contributed by atoms with Crippen LogP contribution < -0.4 is 0 Å². The summed E-state index contributed by atoms with van der Waals surface area (Å²) in [6, 6.07) is 24.7. The highest BCUT2D eigenvalue weighted by Gasteiger charge is 2.31. The quantitative estimate of drug-likeness (QED) is 0.370. The van der Waals surface area contributed by atoms with E-state index in [0.29, 0.717) is 49.5 Å². The molecule has 1 aliphatic rings. The van der Waals surface area contributed by atoms with Gasteiger partial charge in [0, 0.05) is 44.5 Å². The Morgan fingerprint density at radius 2 is 1.50 bits per heavy atom. The normalized spacial score (nSPS) is 14.7. The molecule has 4 aromatic rings. The van der Waals surface area contributed by atoms with Crippen molar-refractivity contribution in [1.82, 2.24) is 19.6 Å². The van der Waals surface area contributed by atoms with Crippen LogP contribution in [0.5, 0.6) is 0 Å². The molecule has 0 bridgehead atoms. The molecule has 36 heavy (non-hydrogen) atoms. The molecule has 1 fully saturated rings. The lowest BCUT2D eigenvalue weighted by Crippen LogP contribution is -2.48. The van der Waals surface area contributed by atoms with Crippen LogP contribution in [-0.2, 0) is 12.7 Å². The van der Waals surface area contributed by atoms with E-state index in [1.165, 1.54) is 12.1 Å². The first kappa shape index (κ1) is 23.8. The van der Waals surface area contributed by atoms with Gasteiger partial charge in [-0.15, -0.1) is 0 Å². The van der Waals surface area contributed by atoms with E-state index in [9.17, 15) is 18.0 Å². The summed E-state index contributed by atoms with van der Waals surface area (Å²) in [6.07, 6.45) is -2.59. The number of rotatable bonds is 5. The number of nitrogens with zero attached hydrogens (tertiary/aromatic N) is 4. The molecule has 0 aliphatic carbocycles. The number of hydrogen-bond acceptors (Lipinski definition) is 3. The largest absolute Gasteiger partial charge is 0.416 e. The molecule has 0 N–H and O–H groups in total. The number of halogens is 3. The second-order valence-corrected chi connectivity index (χ2v) is 8.80. The lowest BCUT2D eigenvalue weighted by atomic mass is 10.1. The van der Waals surface area contributed by atoms with Gasteiger partial charge in [-0.25, -0.2) is 4.68 Å². The maximum Gasteiger partial charge on any atom is 0.416 e. The predicted octanol–water partition coefficient (Wildman–Crippen LogP) is 5.52. The first-order valence-corrected chi connectivity index (χ1v) is 11.8. The number of hydrogen-bond donors (Lipinski definition) is 0. The Labute approximate surface area is 207 Å². The molecule has 1 saturated heterocycles. The van der Waals surface area contributed by atoms with Crippen molar-refractivity contribution >= 4 is 5.91 Å². The Balaban J connectivity index is 1.32. The standard InChI is InChI=1S/C28H25F3N4O/c29-28(30,31)23-11-7-8-21(18-23)19-33-14-16-34(17-15-33)27(36)25-20-35(24-12-5-2-6-13-24)32-26(25)22-9-3-1-4-10-22/h1-13,18,20H,14-17,19H2. The van der Waals surface area contributed by atoms with Gasteiger partial charge in [-0.2, -0.15) is 18.3 Å². The van der Waals surface area contributed by atoms with Crippen molar-refractivity contribution in [3.05, 3.63) is 108 Å². The number of benzene rings is 3. The molecular formula is C28H25F3N4O. The summed E-state index contributed by atoms with van der Waals surface area (Å²) in [4.78, 5) is 17.5. The van der Waals surface area contributed by atoms with Crippen molar-refractivity contribution in [2.24, 2.45) is 0 Å². The Bertz CT molecular complexity index is 1330. The number of aromatic nitrogens is 2. The van der Waals surface area contributed by atoms with Gasteiger partial charge in [0.25, 0.3) is 5.91 Å². The molecule has 5 nitrogen and oxygen atoms in total. The molecule has 0 atom stereocenters. The van der Waals surface area contributed by atoms with Gasteiger partial charge < -0.3 is 4.90 Å². The highest BCUT2D eigenvalue weighted by atomic mass is 19.4. The molecule has 0 unspecified atom stereocenters. The van der Waals surface area contributed by atoms with E-state index in [1.807, 2.05) is 60.7 Å². The summed E-state index contributed by atoms with van der Waals surface area (Å²) in [6.45, 7) is 2.54. The average Bonchev–Trinajstić information content (AvgIpc) is 3.35. The molecule has 8 heteroatoms. The van der Waals surface area contributed by atoms with E-state index in [-0.39, 0.29) is 5.91 Å². The van der Waals surface area contributed by atoms with Crippen LogP contribution in [-0.4, -0.2) is 51.7 Å². The second-order valence-electron chi connectivity index (χ2n) is 8.80. The van der Waals surface area contributed by atoms with E-state index in [0.717, 1.165) is 17.3 Å². The van der Waals surface area contributed by atoms with Gasteiger partial charge in [0.2, 0.25) is 0 Å². The van der Waals surface area contributed by atoms with Crippen molar-refractivity contribution in [2.75, 3.05) is 26.2 Å². The Kier molecular flexibility index (Phi) is 6.61. The lowest BCUT2D eigenvalue weighted by Gasteiger charge is -2.34. The molecular weight excluding hydrogens is 465 g/mol. The minimum atomic E-state index is -4.36. The smallest absolute Gasteiger partial charge is 0.336 e. The van der Waals surface area contributed by atoms with Crippen LogP contribution >= 0.6 is 0 Å². The molecule has 5 rings (SSSR count). The van der Waals surface area contributed by atoms with E-state index in [2.05, 4.69) is 4.90 Å². The summed E-state index contributed by atoms with van der Waals surface area (Å²) in [7, 11) is 0. The first-order chi connectivity index (χ1) is 17.4. The number of para-hydroxylation sites is 1. The second kappa shape index (κ2) is 9.99. The van der Waals surface area contributed by atoms with Gasteiger partial charge in [0.15, 0.2) is 0 Å². The van der Waals surface area contributed by atoms with Gasteiger partial charge in [-0.1, -0.05) is 66.7 Å². The SMILES string of the molecule is O=C(c1cn(-c2ccccc2)nc1-c1ccccc1)N1CCN(Cc2cccc(C(F)(F)F)c2)CC1. The van der Waals surface area contributed by atoms with Gasteiger partial charge >= 0.3 is 6.18 Å². The van der Waals surface area contributed by atoms with Crippen molar-refractivity contribution in [3.8, 4) is 16.9 Å². The summed E-state index contributed by atoms with van der Waals surface area (Å²) in [5, 5.41) is 4.73. The van der Waals surface area contributed by atoms with Crippen molar-refractivity contribution < 1.29 is 18.0 Å². The zero-order valence-corrected chi connectivity index (χ0v) is 19.5. The highest BCUT2D eigenvalue weighted by Crippen LogP contribution is 2.30. The molecule has 0 radical (unpaired) electrons. The third-order valence-corrected chi connectivity index (χ3v) is 6.33. The number of carbonyl (C=O) groups is 1. The topological polar surface area (TPSA) is 41.4 Å². The van der Waals surface area contributed by atoms with Crippen LogP contribution in [0.4, 0.5) is 13.2 Å². The predicted molar refractivity (Wildman–Crippen MR) is 132 cm³/mol. The zero-order valence-electron chi connectivity index (χ0n) is 19.5. The summed E-state index contributed by atoms with van der Waals surface area (Å²) >= 11 is 0. The fourth-order valence-electron chi connectivity index (χ4n) is 4.44. The number of carbonyl (C=O) groups excluding carboxylic acids is 1. The summed E-state index contributed by atoms with van der Waals surface area (Å²) in [5.74, 6) is -0.102. The molecule has 1 amide bonds. The van der Waals surface area contributed by atoms with Gasteiger partial charge in [-0.05, 0) is 23.8 Å². The number of piperazine rings is 1. The molecule has 2 heterocycles. The summed E-state index contributed by atoms with van der Waals surface area (Å²) < 4.78 is 40.9. The maximum absolute atomic E-state index is 13.6. The van der Waals surface area contributed by atoms with Gasteiger partial charge in [0.05, 0.1) is 16.8 Å². The van der Waals surface area contributed by atoms with Crippen LogP contribution in [0.1, 0.15) is 21.5 Å². The van der Waals surface area contributed by atoms with Crippen LogP contribution in [0.2, 0.25) is 0 Å². The Morgan fingerprint density at radius 3 is 2.17 bits per heavy atom. The minimum absolute atomic E-state index is 0.102. The van der Waals surface area contributed by atoms with Crippen LogP contribution in [0.25, 0.3) is 16.9 Å². The number of alkyl halides is 3. The number of amides is 1. The van der Waals surface area contributed by atoms with Crippen molar-refractivity contribution in [2.45, 2.75) is 12.7 Å². The third kappa shape index (κ3) is 5.18. The Morgan fingerprint density at radius 1 is 0.833 bits per heavy atom. The maximum atomic E-state index is 13.6. The molecule has 1 aromatic heterocycles. The fourth-order valence-corrected chi connectivity index (χ4v) is 4.44. The zero-order chi connectivity index (χ0) is 25.1. The van der Waals surface area contributed by atoms with E-state index in [4.69, 9.17) is 5.10 Å². The lowest BCUT2D eigenvalue weighted by molar-refractivity contribution is -0.137. The average molecular weight is 491 g/mol. The third-order valence-electron chi connectivity index (χ3n) is 6.33. The highest BCUT2D eigenvalue weighted by molar-refractivity contribution is 6.00. The monoisotopic (exact) mass is 490 g/mol. The van der Waals surface area contributed by atoms with Crippen LogP contribution in [0, 0.1) is 0 Å². The molecule has 0 spiro atoms. The molecule has 1 aliphatic heterocycles. The van der Waals surface area contributed by atoms with Gasteiger partial charge in [0.1, 0.15) is 5.69 Å². The fraction of sp³-hybridized carbons (Fsp3) is 0.214. The first-order valence-electron chi connectivity index (χ1n) is 11.8. The minimum Gasteiger partial charge on any atom is -0.336 e. The summed E-state index contributed by atoms with van der Waals surface area (Å²) in [5.41, 5.74) is 2.84. The van der Waals surface area contributed by atoms with Crippen LogP contribution in [0.3, 0.4) is 0 Å².